The Morgan fingerprint density at radius 3 is 1.89 bits per heavy atom. The van der Waals surface area contributed by atoms with Crippen molar-refractivity contribution in [1.29, 1.82) is 0 Å². The molecule has 4 nitrogen and oxygen atoms in total. The first-order valence-corrected chi connectivity index (χ1v) is 7.66. The molecule has 0 bridgehead atoms. The molecule has 0 heterocycles. The van der Waals surface area contributed by atoms with Crippen molar-refractivity contribution in [3.8, 4) is 5.75 Å². The second-order valence-corrected chi connectivity index (χ2v) is 8.10. The minimum Gasteiger partial charge on any atom is -0.507 e. The monoisotopic (exact) mass is 278 g/mol. The maximum atomic E-state index is 13.2. The first-order chi connectivity index (χ1) is 8.87. The summed E-state index contributed by atoms with van der Waals surface area (Å²) in [5.41, 5.74) is 0. The molecule has 0 unspecified atom stereocenters. The Hall–Kier alpha value is -1.35. The molecule has 0 atom stereocenters. The van der Waals surface area contributed by atoms with E-state index in [0.29, 0.717) is 5.30 Å². The predicted octanol–water partition coefficient (Wildman–Crippen LogP) is 2.49. The van der Waals surface area contributed by atoms with Crippen LogP contribution in [0.1, 0.15) is 0 Å². The summed E-state index contributed by atoms with van der Waals surface area (Å²) in [6, 6.07) is 11.2. The standard InChI is InChI=1S/C14H19N2O2P/c1-15(2)19(18,16(3)4)14-10-12-8-6-5-7-11(12)9-13(14)17/h5-10,17H,1-4H3. The second kappa shape index (κ2) is 4.97. The van der Waals surface area contributed by atoms with Crippen LogP contribution in [-0.2, 0) is 4.57 Å². The van der Waals surface area contributed by atoms with Gasteiger partial charge in [0, 0.05) is 0 Å². The Labute approximate surface area is 113 Å². The molecule has 0 saturated carbocycles. The summed E-state index contributed by atoms with van der Waals surface area (Å²) >= 11 is 0. The highest BCUT2D eigenvalue weighted by atomic mass is 31.2. The van der Waals surface area contributed by atoms with E-state index in [1.54, 1.807) is 43.6 Å². The van der Waals surface area contributed by atoms with Gasteiger partial charge in [-0.2, -0.15) is 0 Å². The summed E-state index contributed by atoms with van der Waals surface area (Å²) in [7, 11) is 4.10. The SMILES string of the molecule is CN(C)P(=O)(c1cc2ccccc2cc1O)N(C)C. The molecule has 2 aromatic rings. The zero-order valence-corrected chi connectivity index (χ0v) is 12.6. The van der Waals surface area contributed by atoms with Crippen LogP contribution in [-0.4, -0.2) is 42.6 Å². The molecule has 0 amide bonds. The van der Waals surface area contributed by atoms with E-state index in [4.69, 9.17) is 0 Å². The number of benzene rings is 2. The van der Waals surface area contributed by atoms with Gasteiger partial charge in [0.2, 0.25) is 7.44 Å². The second-order valence-electron chi connectivity index (χ2n) is 4.93. The molecule has 0 spiro atoms. The number of aromatic hydroxyl groups is 1. The van der Waals surface area contributed by atoms with Crippen molar-refractivity contribution in [2.45, 2.75) is 0 Å². The molecule has 0 radical (unpaired) electrons. The highest BCUT2D eigenvalue weighted by Gasteiger charge is 2.33. The molecule has 0 aliphatic carbocycles. The molecule has 0 aromatic heterocycles. The smallest absolute Gasteiger partial charge is 0.248 e. The number of rotatable bonds is 3. The molecule has 0 fully saturated rings. The molecule has 102 valence electrons. The fraction of sp³-hybridized carbons (Fsp3) is 0.286. The molecule has 19 heavy (non-hydrogen) atoms. The van der Waals surface area contributed by atoms with E-state index >= 15 is 0 Å². The largest absolute Gasteiger partial charge is 0.507 e. The molecule has 0 aliphatic heterocycles. The summed E-state index contributed by atoms with van der Waals surface area (Å²) < 4.78 is 16.5. The van der Waals surface area contributed by atoms with Gasteiger partial charge in [0.25, 0.3) is 0 Å². The lowest BCUT2D eigenvalue weighted by Crippen LogP contribution is -2.28. The summed E-state index contributed by atoms with van der Waals surface area (Å²) in [6.45, 7) is 0. The molecule has 0 saturated heterocycles. The fourth-order valence-corrected chi connectivity index (χ4v) is 4.49. The Bertz CT molecular complexity index is 641. The molecule has 5 heteroatoms. The van der Waals surface area contributed by atoms with Gasteiger partial charge in [-0.3, -0.25) is 4.57 Å². The third-order valence-electron chi connectivity index (χ3n) is 3.24. The van der Waals surface area contributed by atoms with Gasteiger partial charge in [-0.1, -0.05) is 24.3 Å². The quantitative estimate of drug-likeness (QED) is 0.876. The molecule has 1 N–H and O–H groups in total. The zero-order valence-electron chi connectivity index (χ0n) is 11.7. The van der Waals surface area contributed by atoms with E-state index in [2.05, 4.69) is 0 Å². The normalized spacial score (nSPS) is 12.5. The van der Waals surface area contributed by atoms with Crippen LogP contribution in [0.25, 0.3) is 10.8 Å². The Morgan fingerprint density at radius 1 is 0.947 bits per heavy atom. The molecular formula is C14H19N2O2P. The number of hydrogen-bond donors (Lipinski definition) is 1. The number of nitrogens with zero attached hydrogens (tertiary/aromatic N) is 2. The van der Waals surface area contributed by atoms with Crippen molar-refractivity contribution in [2.24, 2.45) is 0 Å². The van der Waals surface area contributed by atoms with Crippen LogP contribution in [0.4, 0.5) is 0 Å². The average Bonchev–Trinajstić information content (AvgIpc) is 2.36. The number of hydrogen-bond acceptors (Lipinski definition) is 2. The van der Waals surface area contributed by atoms with Crippen molar-refractivity contribution in [3.63, 3.8) is 0 Å². The summed E-state index contributed by atoms with van der Waals surface area (Å²) in [4.78, 5) is 0. The number of fused-ring (bicyclic) bond motifs is 1. The maximum Gasteiger partial charge on any atom is 0.248 e. The van der Waals surface area contributed by atoms with Crippen LogP contribution in [0.5, 0.6) is 5.75 Å². The maximum absolute atomic E-state index is 13.2. The van der Waals surface area contributed by atoms with Gasteiger partial charge in [-0.05, 0) is 51.1 Å². The molecule has 2 aromatic carbocycles. The lowest BCUT2D eigenvalue weighted by atomic mass is 10.1. The first kappa shape index (κ1) is 14.1. The lowest BCUT2D eigenvalue weighted by Gasteiger charge is -2.31. The van der Waals surface area contributed by atoms with Crippen molar-refractivity contribution in [2.75, 3.05) is 28.2 Å². The third kappa shape index (κ3) is 2.27. The van der Waals surface area contributed by atoms with Crippen molar-refractivity contribution in [1.82, 2.24) is 9.34 Å². The number of phenolic OH excluding ortho intramolecular Hbond substituents is 1. The minimum absolute atomic E-state index is 0.0735. The van der Waals surface area contributed by atoms with E-state index < -0.39 is 7.44 Å². The van der Waals surface area contributed by atoms with Crippen molar-refractivity contribution < 1.29 is 9.67 Å². The highest BCUT2D eigenvalue weighted by Crippen LogP contribution is 2.50. The molecular weight excluding hydrogens is 259 g/mol. The minimum atomic E-state index is -2.94. The fourth-order valence-electron chi connectivity index (χ4n) is 2.24. The van der Waals surface area contributed by atoms with Gasteiger partial charge in [0.1, 0.15) is 5.75 Å². The summed E-state index contributed by atoms with van der Waals surface area (Å²) in [5.74, 6) is 0.0735. The Kier molecular flexibility index (Phi) is 3.68. The van der Waals surface area contributed by atoms with Crippen LogP contribution in [0.3, 0.4) is 0 Å². The van der Waals surface area contributed by atoms with Gasteiger partial charge in [0.05, 0.1) is 5.30 Å². The van der Waals surface area contributed by atoms with Crippen LogP contribution in [0.15, 0.2) is 36.4 Å². The Morgan fingerprint density at radius 2 is 1.42 bits per heavy atom. The van der Waals surface area contributed by atoms with E-state index in [9.17, 15) is 9.67 Å². The Balaban J connectivity index is 2.74. The zero-order chi connectivity index (χ0) is 14.2. The van der Waals surface area contributed by atoms with Crippen LogP contribution < -0.4 is 5.30 Å². The van der Waals surface area contributed by atoms with E-state index in [1.807, 2.05) is 30.3 Å². The van der Waals surface area contributed by atoms with Gasteiger partial charge in [-0.15, -0.1) is 0 Å². The summed E-state index contributed by atoms with van der Waals surface area (Å²) in [6.07, 6.45) is 0. The van der Waals surface area contributed by atoms with Gasteiger partial charge in [-0.25, -0.2) is 9.34 Å². The first-order valence-electron chi connectivity index (χ1n) is 6.05. The molecule has 2 rings (SSSR count). The van der Waals surface area contributed by atoms with Crippen LogP contribution in [0, 0.1) is 0 Å². The number of phenols is 1. The average molecular weight is 278 g/mol. The van der Waals surface area contributed by atoms with Crippen molar-refractivity contribution >= 4 is 23.5 Å². The predicted molar refractivity (Wildman–Crippen MR) is 80.2 cm³/mol. The summed E-state index contributed by atoms with van der Waals surface area (Å²) in [5, 5.41) is 12.6. The van der Waals surface area contributed by atoms with Crippen LogP contribution in [0.2, 0.25) is 0 Å². The lowest BCUT2D eigenvalue weighted by molar-refractivity contribution is 0.451. The van der Waals surface area contributed by atoms with Gasteiger partial charge < -0.3 is 5.11 Å². The van der Waals surface area contributed by atoms with Gasteiger partial charge >= 0.3 is 0 Å². The van der Waals surface area contributed by atoms with E-state index in [-0.39, 0.29) is 5.75 Å². The van der Waals surface area contributed by atoms with E-state index in [0.717, 1.165) is 10.8 Å². The van der Waals surface area contributed by atoms with Crippen LogP contribution >= 0.6 is 7.44 Å². The molecule has 0 aliphatic rings. The van der Waals surface area contributed by atoms with Crippen molar-refractivity contribution in [3.05, 3.63) is 36.4 Å². The highest BCUT2D eigenvalue weighted by molar-refractivity contribution is 7.67. The third-order valence-corrected chi connectivity index (χ3v) is 6.40. The topological polar surface area (TPSA) is 43.8 Å². The van der Waals surface area contributed by atoms with Gasteiger partial charge in [0.15, 0.2) is 0 Å². The van der Waals surface area contributed by atoms with E-state index in [1.165, 1.54) is 0 Å².